The van der Waals surface area contributed by atoms with Gasteiger partial charge in [-0.05, 0) is 16.7 Å². The van der Waals surface area contributed by atoms with E-state index in [1.54, 1.807) is 0 Å². The van der Waals surface area contributed by atoms with Crippen molar-refractivity contribution in [3.8, 4) is 33.4 Å². The molecule has 20 heteroatoms. The quantitative estimate of drug-likeness (QED) is 0.127. The fraction of sp³-hybridized carbons (Fsp3) is 0. The van der Waals surface area contributed by atoms with Crippen LogP contribution in [0.4, 0.5) is 65.9 Å². The van der Waals surface area contributed by atoms with Crippen LogP contribution < -0.4 is 74.6 Å². The molecule has 4 aromatic carbocycles. The second-order valence-corrected chi connectivity index (χ2v) is 8.55. The zero-order valence-electron chi connectivity index (χ0n) is 22.4. The van der Waals surface area contributed by atoms with Crippen LogP contribution in [0.15, 0.2) is 12.6 Å². The van der Waals surface area contributed by atoms with Gasteiger partial charge in [0.25, 0.3) is 0 Å². The second-order valence-electron chi connectivity index (χ2n) is 8.55. The van der Waals surface area contributed by atoms with E-state index < -0.39 is 139 Å². The van der Waals surface area contributed by atoms with Gasteiger partial charge in [0, 0.05) is 5.56 Å². The number of benzene rings is 4. The van der Waals surface area contributed by atoms with Crippen LogP contribution in [0.1, 0.15) is 5.56 Å². The zero-order valence-corrected chi connectivity index (χ0v) is 26.4. The summed E-state index contributed by atoms with van der Waals surface area (Å²) in [5, 5.41) is 24.4. The molecule has 0 fully saturated rings. The predicted molar refractivity (Wildman–Crippen MR) is 118 cm³/mol. The van der Waals surface area contributed by atoms with Gasteiger partial charge in [-0.1, -0.05) is 25.8 Å². The molecule has 0 radical (unpaired) electrons. The first kappa shape index (κ1) is 39.7. The van der Waals surface area contributed by atoms with Crippen molar-refractivity contribution in [2.75, 3.05) is 0 Å². The van der Waals surface area contributed by atoms with Crippen LogP contribution in [0.25, 0.3) is 39.5 Å². The molecule has 0 aliphatic heterocycles. The predicted octanol–water partition coefficient (Wildman–Crippen LogP) is -0.159. The first-order valence-corrected chi connectivity index (χ1v) is 11.1. The fourth-order valence-electron chi connectivity index (χ4n) is 4.34. The van der Waals surface area contributed by atoms with Crippen molar-refractivity contribution >= 4 is 18.7 Å². The average Bonchev–Trinajstić information content (AvgIpc) is 2.99. The van der Waals surface area contributed by atoms with Crippen LogP contribution in [0.3, 0.4) is 0 Å². The minimum atomic E-state index is -3.85. The van der Waals surface area contributed by atoms with Gasteiger partial charge in [0.2, 0.25) is 17.5 Å². The monoisotopic (exact) mass is 690 g/mol. The second kappa shape index (κ2) is 14.4. The van der Waals surface area contributed by atoms with E-state index in [-0.39, 0.29) is 71.3 Å². The number of hydrogen-bond donors (Lipinski definition) is 0. The summed E-state index contributed by atoms with van der Waals surface area (Å²) in [5.41, 5.74) is -16.3. The van der Waals surface area contributed by atoms with Gasteiger partial charge in [0.15, 0.2) is 69.8 Å². The summed E-state index contributed by atoms with van der Waals surface area (Å²) < 4.78 is 216. The maximum absolute atomic E-state index is 15.1. The molecule has 0 aliphatic rings. The van der Waals surface area contributed by atoms with E-state index in [1.165, 1.54) is 0 Å². The molecule has 46 heavy (non-hydrogen) atoms. The topological polar surface area (TPSA) is 46.1 Å². The van der Waals surface area contributed by atoms with Crippen molar-refractivity contribution in [3.05, 3.63) is 105 Å². The van der Waals surface area contributed by atoms with E-state index in [0.29, 0.717) is 0 Å². The number of rotatable bonds is 5. The van der Waals surface area contributed by atoms with Gasteiger partial charge >= 0.3 is 59.1 Å². The Kier molecular flexibility index (Phi) is 12.4. The van der Waals surface area contributed by atoms with Crippen molar-refractivity contribution in [3.63, 3.8) is 0 Å². The third-order valence-electron chi connectivity index (χ3n) is 6.25. The molecule has 2 nitrogen and oxygen atoms in total. The van der Waals surface area contributed by atoms with Gasteiger partial charge in [-0.2, -0.15) is 0 Å². The average molecular weight is 690 g/mol. The van der Waals surface area contributed by atoms with Gasteiger partial charge in [0.05, 0.1) is 16.7 Å². The standard InChI is InChI=1S/C26H4BF15O2.2Na/c1-2-4-5(8-12(28)18(34)24(40)19(35)13(8)29)3-6(27(43)44)9(11-16(32)22(38)26(42)23(39)17(11)33)7(4)10-14(30)20(36)25(41)21(37)15(10)31;;/h2-3H,1H2;;/q-2;2*+1. The molecule has 0 unspecified atom stereocenters. The van der Waals surface area contributed by atoms with Crippen LogP contribution in [-0.4, -0.2) is 7.12 Å². The Morgan fingerprint density at radius 2 is 0.674 bits per heavy atom. The molecule has 4 aromatic rings. The summed E-state index contributed by atoms with van der Waals surface area (Å²) in [6.07, 6.45) is 0.102. The first-order valence-electron chi connectivity index (χ1n) is 11.1. The van der Waals surface area contributed by atoms with Crippen LogP contribution in [0.5, 0.6) is 0 Å². The Morgan fingerprint density at radius 1 is 0.413 bits per heavy atom. The van der Waals surface area contributed by atoms with Gasteiger partial charge in [-0.15, -0.1) is 5.46 Å². The van der Waals surface area contributed by atoms with Gasteiger partial charge in [0.1, 0.15) is 0 Å². The summed E-state index contributed by atoms with van der Waals surface area (Å²) in [5.74, 6) is -42.7. The normalized spacial score (nSPS) is 10.9. The molecule has 0 spiro atoms. The van der Waals surface area contributed by atoms with Gasteiger partial charge < -0.3 is 10.0 Å². The van der Waals surface area contributed by atoms with E-state index >= 15 is 8.78 Å². The Balaban J connectivity index is 0.00000368. The Morgan fingerprint density at radius 3 is 0.957 bits per heavy atom. The molecule has 0 aromatic heterocycles. The Bertz CT molecular complexity index is 1850. The first-order chi connectivity index (χ1) is 20.4. The van der Waals surface area contributed by atoms with Crippen LogP contribution in [0.2, 0.25) is 0 Å². The molecule has 0 N–H and O–H groups in total. The molecule has 230 valence electrons. The van der Waals surface area contributed by atoms with Crippen molar-refractivity contribution in [2.24, 2.45) is 0 Å². The van der Waals surface area contributed by atoms with Crippen molar-refractivity contribution < 1.29 is 135 Å². The smallest absolute Gasteiger partial charge is 0.889 e. The molecular weight excluding hydrogens is 686 g/mol. The van der Waals surface area contributed by atoms with E-state index in [1.807, 2.05) is 0 Å². The maximum atomic E-state index is 15.1. The Labute approximate surface area is 290 Å². The molecule has 0 aliphatic carbocycles. The van der Waals surface area contributed by atoms with Crippen molar-refractivity contribution in [1.82, 2.24) is 0 Å². The summed E-state index contributed by atoms with van der Waals surface area (Å²) in [7, 11) is -3.85. The third-order valence-corrected chi connectivity index (χ3v) is 6.25. The molecule has 0 saturated heterocycles. The van der Waals surface area contributed by atoms with E-state index in [0.717, 1.165) is 0 Å². The fourth-order valence-corrected chi connectivity index (χ4v) is 4.34. The van der Waals surface area contributed by atoms with E-state index in [9.17, 15) is 67.1 Å². The molecular formula is C26H4BF15Na2O2. The summed E-state index contributed by atoms with van der Waals surface area (Å²) >= 11 is 0. The number of halogens is 15. The molecule has 0 saturated carbocycles. The zero-order chi connectivity index (χ0) is 33.3. The summed E-state index contributed by atoms with van der Waals surface area (Å²) in [6, 6.07) is -0.205. The van der Waals surface area contributed by atoms with Crippen LogP contribution in [0, 0.1) is 87.3 Å². The van der Waals surface area contributed by atoms with Gasteiger partial charge in [-0.25, -0.2) is 65.9 Å². The van der Waals surface area contributed by atoms with E-state index in [2.05, 4.69) is 6.58 Å². The molecule has 4 rings (SSSR count). The van der Waals surface area contributed by atoms with Crippen LogP contribution >= 0.6 is 0 Å². The minimum Gasteiger partial charge on any atom is -0.889 e. The van der Waals surface area contributed by atoms with Crippen molar-refractivity contribution in [2.45, 2.75) is 0 Å². The molecule has 0 bridgehead atoms. The van der Waals surface area contributed by atoms with E-state index in [4.69, 9.17) is 0 Å². The molecule has 0 atom stereocenters. The largest absolute Gasteiger partial charge is 1.00 e. The maximum Gasteiger partial charge on any atom is 1.00 e. The minimum absolute atomic E-state index is 0. The third kappa shape index (κ3) is 5.91. The Hall–Kier alpha value is -2.45. The summed E-state index contributed by atoms with van der Waals surface area (Å²) in [4.78, 5) is 0. The molecule has 0 amide bonds. The summed E-state index contributed by atoms with van der Waals surface area (Å²) in [6.45, 7) is 2.99. The SMILES string of the molecule is C=Cc1c(-c2c(F)c(F)c(F)c(F)c2F)cc(B([O-])[O-])c(-c2c(F)c(F)c(F)c(F)c2F)c1-c1c(F)c(F)c(F)c(F)c1F.[Na+].[Na+]. The number of hydrogen-bond acceptors (Lipinski definition) is 2. The molecule has 0 heterocycles. The van der Waals surface area contributed by atoms with Gasteiger partial charge in [-0.3, -0.25) is 0 Å². The van der Waals surface area contributed by atoms with Crippen LogP contribution in [-0.2, 0) is 0 Å². The van der Waals surface area contributed by atoms with Crippen molar-refractivity contribution in [1.29, 1.82) is 0 Å².